The maximum absolute atomic E-state index is 13.0. The molecule has 1 rings (SSSR count). The smallest absolute Gasteiger partial charge is 0.147 e. The van der Waals surface area contributed by atoms with E-state index in [1.54, 1.807) is 6.07 Å². The van der Waals surface area contributed by atoms with E-state index in [-0.39, 0.29) is 11.6 Å². The number of ketones is 1. The van der Waals surface area contributed by atoms with Gasteiger partial charge in [-0.2, -0.15) is 0 Å². The highest BCUT2D eigenvalue weighted by Crippen LogP contribution is 2.27. The molecule has 1 atom stereocenters. The lowest BCUT2D eigenvalue weighted by atomic mass is 10.0. The normalized spacial score (nSPS) is 12.6. The van der Waals surface area contributed by atoms with Crippen LogP contribution in [0.25, 0.3) is 0 Å². The summed E-state index contributed by atoms with van der Waals surface area (Å²) in [7, 11) is 0. The van der Waals surface area contributed by atoms with Gasteiger partial charge in [-0.15, -0.1) is 0 Å². The van der Waals surface area contributed by atoms with Crippen LogP contribution in [0.3, 0.4) is 0 Å². The summed E-state index contributed by atoms with van der Waals surface area (Å²) in [4.78, 5) is 10.8. The zero-order chi connectivity index (χ0) is 10.7. The van der Waals surface area contributed by atoms with Gasteiger partial charge >= 0.3 is 0 Å². The zero-order valence-electron chi connectivity index (χ0n) is 8.18. The van der Waals surface area contributed by atoms with Gasteiger partial charge in [-0.1, -0.05) is 28.9 Å². The Morgan fingerprint density at radius 2 is 2.21 bits per heavy atom. The summed E-state index contributed by atoms with van der Waals surface area (Å²) >= 11 is 3.26. The van der Waals surface area contributed by atoms with E-state index in [0.717, 1.165) is 17.5 Å². The first-order valence-corrected chi connectivity index (χ1v) is 5.40. The van der Waals surface area contributed by atoms with Crippen LogP contribution >= 0.6 is 15.9 Å². The second-order valence-corrected chi connectivity index (χ2v) is 4.09. The van der Waals surface area contributed by atoms with Crippen LogP contribution in [0.15, 0.2) is 18.2 Å². The fraction of sp³-hybridized carbons (Fsp3) is 0.364. The Morgan fingerprint density at radius 1 is 1.57 bits per heavy atom. The molecule has 0 saturated carbocycles. The van der Waals surface area contributed by atoms with E-state index in [9.17, 15) is 9.18 Å². The zero-order valence-corrected chi connectivity index (χ0v) is 9.77. The Labute approximate surface area is 91.5 Å². The second kappa shape index (κ2) is 4.69. The van der Waals surface area contributed by atoms with Crippen LogP contribution in [0.4, 0.5) is 4.39 Å². The van der Waals surface area contributed by atoms with Crippen molar-refractivity contribution in [1.82, 2.24) is 0 Å². The number of hydrogen-bond acceptors (Lipinski definition) is 1. The summed E-state index contributed by atoms with van der Waals surface area (Å²) in [5.41, 5.74) is 1.74. The minimum atomic E-state index is -0.395. The fourth-order valence-corrected chi connectivity index (χ4v) is 1.77. The van der Waals surface area contributed by atoms with Gasteiger partial charge in [0, 0.05) is 0 Å². The first-order valence-electron chi connectivity index (χ1n) is 4.49. The molecule has 1 unspecified atom stereocenters. The van der Waals surface area contributed by atoms with E-state index in [0.29, 0.717) is 0 Å². The molecular weight excluding hydrogens is 247 g/mol. The van der Waals surface area contributed by atoms with Crippen molar-refractivity contribution in [3.05, 3.63) is 35.1 Å². The molecular formula is C11H12BrFO. The van der Waals surface area contributed by atoms with Crippen LogP contribution < -0.4 is 0 Å². The molecule has 0 aromatic heterocycles. The second-order valence-electron chi connectivity index (χ2n) is 3.17. The molecule has 76 valence electrons. The van der Waals surface area contributed by atoms with Gasteiger partial charge in [-0.05, 0) is 36.6 Å². The maximum Gasteiger partial charge on any atom is 0.147 e. The number of benzene rings is 1. The van der Waals surface area contributed by atoms with Crippen LogP contribution in [0.5, 0.6) is 0 Å². The summed E-state index contributed by atoms with van der Waals surface area (Å²) in [5, 5.41) is 0. The summed E-state index contributed by atoms with van der Waals surface area (Å²) < 4.78 is 13.0. The average molecular weight is 259 g/mol. The van der Waals surface area contributed by atoms with Crippen LogP contribution in [0.1, 0.15) is 29.8 Å². The van der Waals surface area contributed by atoms with Crippen molar-refractivity contribution in [1.29, 1.82) is 0 Å². The highest BCUT2D eigenvalue weighted by atomic mass is 79.9. The Hall–Kier alpha value is -0.700. The third-order valence-electron chi connectivity index (χ3n) is 2.12. The average Bonchev–Trinajstić information content (AvgIpc) is 2.16. The van der Waals surface area contributed by atoms with Crippen molar-refractivity contribution < 1.29 is 9.18 Å². The molecule has 1 aromatic carbocycles. The molecule has 0 fully saturated rings. The highest BCUT2D eigenvalue weighted by molar-refractivity contribution is 9.09. The minimum absolute atomic E-state index is 0.00898. The molecule has 1 aromatic rings. The van der Waals surface area contributed by atoms with Crippen LogP contribution in [-0.2, 0) is 11.2 Å². The lowest BCUT2D eigenvalue weighted by Gasteiger charge is -2.11. The molecule has 0 bridgehead atoms. The predicted octanol–water partition coefficient (Wildman–Crippen LogP) is 3.41. The van der Waals surface area contributed by atoms with Gasteiger partial charge in [0.1, 0.15) is 11.6 Å². The van der Waals surface area contributed by atoms with Crippen LogP contribution in [-0.4, -0.2) is 5.78 Å². The van der Waals surface area contributed by atoms with E-state index in [1.807, 2.05) is 6.92 Å². The van der Waals surface area contributed by atoms with E-state index < -0.39 is 4.83 Å². The number of halogens is 2. The lowest BCUT2D eigenvalue weighted by molar-refractivity contribution is -0.116. The van der Waals surface area contributed by atoms with E-state index in [2.05, 4.69) is 15.9 Å². The van der Waals surface area contributed by atoms with Crippen LogP contribution in [0.2, 0.25) is 0 Å². The molecule has 0 aliphatic heterocycles. The molecule has 0 aliphatic carbocycles. The molecule has 0 N–H and O–H groups in total. The Bertz CT molecular complexity index is 349. The summed E-state index contributed by atoms with van der Waals surface area (Å²) in [6, 6.07) is 4.56. The fourth-order valence-electron chi connectivity index (χ4n) is 1.34. The first kappa shape index (κ1) is 11.4. The lowest BCUT2D eigenvalue weighted by Crippen LogP contribution is -2.04. The third kappa shape index (κ3) is 2.41. The maximum atomic E-state index is 13.0. The standard InChI is InChI=1S/C11H12BrFO/c1-3-8-4-5-9(13)6-10(8)11(12)7(2)14/h4-6,11H,3H2,1-2H3. The van der Waals surface area contributed by atoms with Gasteiger partial charge < -0.3 is 0 Å². The minimum Gasteiger partial charge on any atom is -0.298 e. The van der Waals surface area contributed by atoms with Crippen molar-refractivity contribution in [2.24, 2.45) is 0 Å². The molecule has 1 nitrogen and oxygen atoms in total. The number of Topliss-reactive ketones (excluding diaryl/α,β-unsaturated/α-hetero) is 1. The van der Waals surface area contributed by atoms with Gasteiger partial charge in [0.05, 0.1) is 4.83 Å². The quantitative estimate of drug-likeness (QED) is 0.760. The van der Waals surface area contributed by atoms with Gasteiger partial charge in [0.2, 0.25) is 0 Å². The van der Waals surface area contributed by atoms with E-state index in [4.69, 9.17) is 0 Å². The third-order valence-corrected chi connectivity index (χ3v) is 3.26. The molecule has 0 spiro atoms. The molecule has 0 aliphatic rings. The number of aryl methyl sites for hydroxylation is 1. The van der Waals surface area contributed by atoms with E-state index in [1.165, 1.54) is 19.1 Å². The van der Waals surface area contributed by atoms with Crippen molar-refractivity contribution in [3.63, 3.8) is 0 Å². The van der Waals surface area contributed by atoms with Gasteiger partial charge in [0.15, 0.2) is 0 Å². The Balaban J connectivity index is 3.16. The number of carbonyl (C=O) groups excluding carboxylic acids is 1. The van der Waals surface area contributed by atoms with Crippen molar-refractivity contribution in [3.8, 4) is 0 Å². The first-order chi connectivity index (χ1) is 6.56. The van der Waals surface area contributed by atoms with Gasteiger partial charge in [-0.25, -0.2) is 4.39 Å². The number of hydrogen-bond donors (Lipinski definition) is 0. The molecule has 0 radical (unpaired) electrons. The molecule has 0 amide bonds. The predicted molar refractivity (Wildman–Crippen MR) is 58.1 cm³/mol. The Morgan fingerprint density at radius 3 is 2.71 bits per heavy atom. The molecule has 0 heterocycles. The largest absolute Gasteiger partial charge is 0.298 e. The molecule has 0 saturated heterocycles. The number of alkyl halides is 1. The van der Waals surface area contributed by atoms with Crippen molar-refractivity contribution in [2.75, 3.05) is 0 Å². The van der Waals surface area contributed by atoms with Crippen LogP contribution in [0, 0.1) is 5.82 Å². The number of rotatable bonds is 3. The summed E-state index contributed by atoms with van der Waals surface area (Å²) in [5.74, 6) is -0.312. The number of carbonyl (C=O) groups is 1. The summed E-state index contributed by atoms with van der Waals surface area (Å²) in [6.07, 6.45) is 0.797. The highest BCUT2D eigenvalue weighted by Gasteiger charge is 2.16. The Kier molecular flexibility index (Phi) is 3.81. The van der Waals surface area contributed by atoms with Crippen molar-refractivity contribution in [2.45, 2.75) is 25.1 Å². The molecule has 14 heavy (non-hydrogen) atoms. The topological polar surface area (TPSA) is 17.1 Å². The van der Waals surface area contributed by atoms with Gasteiger partial charge in [0.25, 0.3) is 0 Å². The SMILES string of the molecule is CCc1ccc(F)cc1C(Br)C(C)=O. The monoisotopic (exact) mass is 258 g/mol. The van der Waals surface area contributed by atoms with E-state index >= 15 is 0 Å². The summed E-state index contributed by atoms with van der Waals surface area (Å²) in [6.45, 7) is 3.47. The molecule has 3 heteroatoms. The van der Waals surface area contributed by atoms with Gasteiger partial charge in [-0.3, -0.25) is 4.79 Å². The van der Waals surface area contributed by atoms with Crippen molar-refractivity contribution >= 4 is 21.7 Å².